The second-order valence-corrected chi connectivity index (χ2v) is 10.8. The number of hydrogen-bond acceptors (Lipinski definition) is 6. The lowest BCUT2D eigenvalue weighted by atomic mass is 10.1. The van der Waals surface area contributed by atoms with Gasteiger partial charge in [0.2, 0.25) is 11.8 Å². The molecule has 0 heterocycles. The van der Waals surface area contributed by atoms with Crippen molar-refractivity contribution < 1.29 is 31.9 Å². The third kappa shape index (κ3) is 7.29. The molecule has 0 saturated heterocycles. The predicted molar refractivity (Wildman–Crippen MR) is 150 cm³/mol. The Balaban J connectivity index is 2.06. The number of rotatable bonds is 13. The number of hydrogen-bond donors (Lipinski definition) is 1. The summed E-state index contributed by atoms with van der Waals surface area (Å²) in [5.74, 6) is -0.799. The van der Waals surface area contributed by atoms with Crippen molar-refractivity contribution >= 4 is 27.5 Å². The SMILES string of the molecule is CCCNC(=O)C(C)N(Cc1ccc(F)cc1)C(=O)CN(c1ccc(OC)c(OC)c1)S(=O)(=O)c1ccccc1. The van der Waals surface area contributed by atoms with Gasteiger partial charge in [0, 0.05) is 19.2 Å². The summed E-state index contributed by atoms with van der Waals surface area (Å²) in [7, 11) is -1.35. The molecule has 1 atom stereocenters. The lowest BCUT2D eigenvalue weighted by molar-refractivity contribution is -0.139. The summed E-state index contributed by atoms with van der Waals surface area (Å²) in [4.78, 5) is 28.0. The van der Waals surface area contributed by atoms with Crippen LogP contribution in [0.1, 0.15) is 25.8 Å². The Kier molecular flexibility index (Phi) is 10.5. The number of anilines is 1. The van der Waals surface area contributed by atoms with Crippen LogP contribution in [0.25, 0.3) is 0 Å². The minimum Gasteiger partial charge on any atom is -0.493 e. The highest BCUT2D eigenvalue weighted by Gasteiger charge is 2.33. The fourth-order valence-electron chi connectivity index (χ4n) is 3.99. The first kappa shape index (κ1) is 30.4. The summed E-state index contributed by atoms with van der Waals surface area (Å²) in [6, 6.07) is 16.9. The Morgan fingerprint density at radius 1 is 0.950 bits per heavy atom. The zero-order valence-electron chi connectivity index (χ0n) is 23.0. The number of carbonyl (C=O) groups excluding carboxylic acids is 2. The van der Waals surface area contributed by atoms with E-state index in [-0.39, 0.29) is 28.8 Å². The number of sulfonamides is 1. The zero-order valence-corrected chi connectivity index (χ0v) is 23.8. The highest BCUT2D eigenvalue weighted by Crippen LogP contribution is 2.34. The van der Waals surface area contributed by atoms with Crippen LogP contribution in [-0.4, -0.2) is 58.5 Å². The topological polar surface area (TPSA) is 105 Å². The summed E-state index contributed by atoms with van der Waals surface area (Å²) in [6.45, 7) is 3.24. The number of nitrogens with zero attached hydrogens (tertiary/aromatic N) is 2. The van der Waals surface area contributed by atoms with Crippen molar-refractivity contribution in [1.29, 1.82) is 0 Å². The van der Waals surface area contributed by atoms with Crippen molar-refractivity contribution in [2.45, 2.75) is 37.8 Å². The molecule has 9 nitrogen and oxygen atoms in total. The Morgan fingerprint density at radius 2 is 1.60 bits per heavy atom. The average Bonchev–Trinajstić information content (AvgIpc) is 2.97. The standard InChI is InChI=1S/C29H34FN3O6S/c1-5-17-31-29(35)21(2)32(19-22-11-13-23(30)14-12-22)28(34)20-33(40(36,37)25-9-7-6-8-10-25)24-15-16-26(38-3)27(18-24)39-4/h6-16,18,21H,5,17,19-20H2,1-4H3,(H,31,35). The number of benzene rings is 3. The fraction of sp³-hybridized carbons (Fsp3) is 0.310. The van der Waals surface area contributed by atoms with Gasteiger partial charge in [-0.15, -0.1) is 0 Å². The van der Waals surface area contributed by atoms with Crippen molar-refractivity contribution in [1.82, 2.24) is 10.2 Å². The molecule has 1 N–H and O–H groups in total. The number of nitrogens with one attached hydrogen (secondary N) is 1. The molecule has 11 heteroatoms. The van der Waals surface area contributed by atoms with Gasteiger partial charge in [-0.25, -0.2) is 12.8 Å². The van der Waals surface area contributed by atoms with Gasteiger partial charge in [-0.1, -0.05) is 37.3 Å². The Hall–Kier alpha value is -4.12. The highest BCUT2D eigenvalue weighted by atomic mass is 32.2. The maximum absolute atomic E-state index is 13.9. The molecule has 0 radical (unpaired) electrons. The number of halogens is 1. The molecule has 2 amide bonds. The summed E-state index contributed by atoms with van der Waals surface area (Å²) < 4.78 is 52.9. The molecule has 0 spiro atoms. The van der Waals surface area contributed by atoms with Gasteiger partial charge in [-0.3, -0.25) is 13.9 Å². The lowest BCUT2D eigenvalue weighted by Crippen LogP contribution is -2.51. The van der Waals surface area contributed by atoms with Gasteiger partial charge in [-0.05, 0) is 55.3 Å². The first-order valence-electron chi connectivity index (χ1n) is 12.7. The number of carbonyl (C=O) groups is 2. The van der Waals surface area contributed by atoms with Gasteiger partial charge in [0.1, 0.15) is 18.4 Å². The van der Waals surface area contributed by atoms with E-state index in [2.05, 4.69) is 5.32 Å². The van der Waals surface area contributed by atoms with Gasteiger partial charge in [0.15, 0.2) is 11.5 Å². The van der Waals surface area contributed by atoms with Gasteiger partial charge >= 0.3 is 0 Å². The van der Waals surface area contributed by atoms with Crippen molar-refractivity contribution in [2.75, 3.05) is 31.6 Å². The molecule has 0 fully saturated rings. The van der Waals surface area contributed by atoms with Gasteiger partial charge < -0.3 is 19.7 Å². The summed E-state index contributed by atoms with van der Waals surface area (Å²) >= 11 is 0. The van der Waals surface area contributed by atoms with Crippen LogP contribution in [0.2, 0.25) is 0 Å². The molecule has 3 aromatic carbocycles. The normalized spacial score (nSPS) is 11.8. The van der Waals surface area contributed by atoms with Crippen LogP contribution in [0.3, 0.4) is 0 Å². The van der Waals surface area contributed by atoms with Gasteiger partial charge in [-0.2, -0.15) is 0 Å². The Morgan fingerprint density at radius 3 is 2.20 bits per heavy atom. The molecular formula is C29H34FN3O6S. The fourth-order valence-corrected chi connectivity index (χ4v) is 5.42. The van der Waals surface area contributed by atoms with E-state index < -0.39 is 34.3 Å². The van der Waals surface area contributed by atoms with Crippen LogP contribution in [-0.2, 0) is 26.2 Å². The van der Waals surface area contributed by atoms with Gasteiger partial charge in [0.25, 0.3) is 10.0 Å². The average molecular weight is 572 g/mol. The molecule has 214 valence electrons. The molecule has 1 unspecified atom stereocenters. The van der Waals surface area contributed by atoms with Crippen molar-refractivity contribution in [3.63, 3.8) is 0 Å². The molecule has 3 rings (SSSR count). The molecule has 0 aromatic heterocycles. The van der Waals surface area contributed by atoms with Crippen LogP contribution in [0, 0.1) is 5.82 Å². The first-order valence-corrected chi connectivity index (χ1v) is 14.2. The molecule has 0 saturated carbocycles. The maximum atomic E-state index is 13.9. The van der Waals surface area contributed by atoms with Crippen LogP contribution in [0.5, 0.6) is 11.5 Å². The monoisotopic (exact) mass is 571 g/mol. The van der Waals surface area contributed by atoms with E-state index in [0.29, 0.717) is 24.3 Å². The Labute approximate surface area is 234 Å². The zero-order chi connectivity index (χ0) is 29.3. The minimum absolute atomic E-state index is 0.0172. The second-order valence-electron chi connectivity index (χ2n) is 8.98. The first-order chi connectivity index (χ1) is 19.1. The smallest absolute Gasteiger partial charge is 0.264 e. The molecular weight excluding hydrogens is 537 g/mol. The number of ether oxygens (including phenoxy) is 2. The van der Waals surface area contributed by atoms with Crippen LogP contribution >= 0.6 is 0 Å². The quantitative estimate of drug-likeness (QED) is 0.333. The van der Waals surface area contributed by atoms with Crippen LogP contribution in [0.4, 0.5) is 10.1 Å². The highest BCUT2D eigenvalue weighted by molar-refractivity contribution is 7.92. The number of methoxy groups -OCH3 is 2. The van der Waals surface area contributed by atoms with E-state index in [9.17, 15) is 22.4 Å². The molecule has 0 aliphatic heterocycles. The molecule has 0 aliphatic rings. The summed E-state index contributed by atoms with van der Waals surface area (Å²) in [6.07, 6.45) is 0.701. The van der Waals surface area contributed by atoms with Crippen LogP contribution < -0.4 is 19.1 Å². The lowest BCUT2D eigenvalue weighted by Gasteiger charge is -2.32. The summed E-state index contributed by atoms with van der Waals surface area (Å²) in [5.41, 5.74) is 0.744. The van der Waals surface area contributed by atoms with E-state index in [4.69, 9.17) is 9.47 Å². The third-order valence-electron chi connectivity index (χ3n) is 6.25. The van der Waals surface area contributed by atoms with Crippen molar-refractivity contribution in [2.24, 2.45) is 0 Å². The molecule has 40 heavy (non-hydrogen) atoms. The third-order valence-corrected chi connectivity index (χ3v) is 8.04. The second kappa shape index (κ2) is 13.8. The van der Waals surface area contributed by atoms with Crippen molar-refractivity contribution in [3.8, 4) is 11.5 Å². The molecule has 3 aromatic rings. The van der Waals surface area contributed by atoms with Crippen LogP contribution in [0.15, 0.2) is 77.7 Å². The minimum atomic E-state index is -4.23. The van der Waals surface area contributed by atoms with Crippen molar-refractivity contribution in [3.05, 3.63) is 84.2 Å². The molecule has 0 bridgehead atoms. The number of amides is 2. The Bertz CT molecular complexity index is 1400. The largest absolute Gasteiger partial charge is 0.493 e. The van der Waals surface area contributed by atoms with Gasteiger partial charge in [0.05, 0.1) is 24.8 Å². The predicted octanol–water partition coefficient (Wildman–Crippen LogP) is 3.98. The van der Waals surface area contributed by atoms with E-state index in [0.717, 1.165) is 4.31 Å². The van der Waals surface area contributed by atoms with E-state index in [1.54, 1.807) is 31.2 Å². The summed E-state index contributed by atoms with van der Waals surface area (Å²) in [5, 5.41) is 2.78. The van der Waals surface area contributed by atoms with E-state index in [1.807, 2.05) is 6.92 Å². The van der Waals surface area contributed by atoms with E-state index in [1.165, 1.54) is 67.7 Å². The molecule has 0 aliphatic carbocycles. The maximum Gasteiger partial charge on any atom is 0.264 e. The van der Waals surface area contributed by atoms with E-state index >= 15 is 0 Å².